The maximum atomic E-state index is 6.28. The third kappa shape index (κ3) is 4.92. The molecule has 4 heteroatoms. The van der Waals surface area contributed by atoms with Crippen LogP contribution in [0.1, 0.15) is 25.0 Å². The number of halogens is 2. The van der Waals surface area contributed by atoms with Crippen LogP contribution in [0.3, 0.4) is 0 Å². The molecule has 0 saturated heterocycles. The SMILES string of the molecule is CC(C)NCc1c(Cl)cccc1OCc1ccc(Cl)cc1. The van der Waals surface area contributed by atoms with Gasteiger partial charge in [0.05, 0.1) is 0 Å². The largest absolute Gasteiger partial charge is 0.489 e. The zero-order valence-electron chi connectivity index (χ0n) is 12.2. The second kappa shape index (κ2) is 7.69. The van der Waals surface area contributed by atoms with Gasteiger partial charge in [-0.3, -0.25) is 0 Å². The molecule has 1 N–H and O–H groups in total. The molecule has 2 aromatic carbocycles. The lowest BCUT2D eigenvalue weighted by atomic mass is 10.2. The molecule has 2 nitrogen and oxygen atoms in total. The van der Waals surface area contributed by atoms with Gasteiger partial charge >= 0.3 is 0 Å². The highest BCUT2D eigenvalue weighted by atomic mass is 35.5. The Labute approximate surface area is 136 Å². The van der Waals surface area contributed by atoms with Gasteiger partial charge in [0.15, 0.2) is 0 Å². The van der Waals surface area contributed by atoms with Gasteiger partial charge in [-0.15, -0.1) is 0 Å². The third-order valence-electron chi connectivity index (χ3n) is 3.07. The molecule has 2 aromatic rings. The summed E-state index contributed by atoms with van der Waals surface area (Å²) in [5.74, 6) is 0.811. The van der Waals surface area contributed by atoms with Crippen molar-refractivity contribution in [1.29, 1.82) is 0 Å². The van der Waals surface area contributed by atoms with E-state index in [1.54, 1.807) is 0 Å². The summed E-state index contributed by atoms with van der Waals surface area (Å²) in [6.45, 7) is 5.38. The van der Waals surface area contributed by atoms with Gasteiger partial charge in [0.2, 0.25) is 0 Å². The molecule has 0 radical (unpaired) electrons. The third-order valence-corrected chi connectivity index (χ3v) is 3.68. The topological polar surface area (TPSA) is 21.3 Å². The van der Waals surface area contributed by atoms with Gasteiger partial charge in [0.1, 0.15) is 12.4 Å². The van der Waals surface area contributed by atoms with E-state index in [1.165, 1.54) is 0 Å². The van der Waals surface area contributed by atoms with Gasteiger partial charge in [-0.25, -0.2) is 0 Å². The Kier molecular flexibility index (Phi) is 5.92. The summed E-state index contributed by atoms with van der Waals surface area (Å²) in [5.41, 5.74) is 2.06. The summed E-state index contributed by atoms with van der Waals surface area (Å²) in [6.07, 6.45) is 0. The number of rotatable bonds is 6. The quantitative estimate of drug-likeness (QED) is 0.801. The molecule has 0 fully saturated rings. The Balaban J connectivity index is 2.08. The van der Waals surface area contributed by atoms with Crippen molar-refractivity contribution >= 4 is 23.2 Å². The van der Waals surface area contributed by atoms with Crippen LogP contribution in [0.4, 0.5) is 0 Å². The van der Waals surface area contributed by atoms with Crippen LogP contribution in [-0.2, 0) is 13.2 Å². The Hall–Kier alpha value is -1.22. The number of nitrogens with one attached hydrogen (secondary N) is 1. The first-order chi connectivity index (χ1) is 10.1. The van der Waals surface area contributed by atoms with E-state index in [1.807, 2.05) is 42.5 Å². The fraction of sp³-hybridized carbons (Fsp3) is 0.294. The Morgan fingerprint density at radius 2 is 1.76 bits per heavy atom. The van der Waals surface area contributed by atoms with Crippen molar-refractivity contribution in [1.82, 2.24) is 5.32 Å². The van der Waals surface area contributed by atoms with Crippen molar-refractivity contribution in [3.8, 4) is 5.75 Å². The molecule has 0 aromatic heterocycles. The zero-order chi connectivity index (χ0) is 15.2. The fourth-order valence-corrected chi connectivity index (χ4v) is 2.25. The first-order valence-corrected chi connectivity index (χ1v) is 7.70. The normalized spacial score (nSPS) is 10.9. The first-order valence-electron chi connectivity index (χ1n) is 6.94. The smallest absolute Gasteiger partial charge is 0.125 e. The second-order valence-electron chi connectivity index (χ2n) is 5.17. The number of hydrogen-bond donors (Lipinski definition) is 1. The molecule has 0 saturated carbocycles. The molecule has 0 aliphatic rings. The predicted molar refractivity (Wildman–Crippen MR) is 89.2 cm³/mol. The Bertz CT molecular complexity index is 582. The predicted octanol–water partition coefficient (Wildman–Crippen LogP) is 5.07. The molecule has 112 valence electrons. The van der Waals surface area contributed by atoms with Crippen LogP contribution in [-0.4, -0.2) is 6.04 Å². The minimum absolute atomic E-state index is 0.394. The van der Waals surface area contributed by atoms with Gasteiger partial charge in [-0.1, -0.05) is 55.2 Å². The van der Waals surface area contributed by atoms with Crippen molar-refractivity contribution in [3.63, 3.8) is 0 Å². The molecule has 0 aliphatic heterocycles. The molecule has 2 rings (SSSR count). The summed E-state index contributed by atoms with van der Waals surface area (Å²) in [4.78, 5) is 0. The van der Waals surface area contributed by atoms with Gasteiger partial charge in [0.25, 0.3) is 0 Å². The highest BCUT2D eigenvalue weighted by Gasteiger charge is 2.09. The standard InChI is InChI=1S/C17H19Cl2NO/c1-12(2)20-10-15-16(19)4-3-5-17(15)21-11-13-6-8-14(18)9-7-13/h3-9,12,20H,10-11H2,1-2H3. The van der Waals surface area contributed by atoms with Gasteiger partial charge < -0.3 is 10.1 Å². The van der Waals surface area contributed by atoms with Crippen LogP contribution < -0.4 is 10.1 Å². The van der Waals surface area contributed by atoms with E-state index < -0.39 is 0 Å². The highest BCUT2D eigenvalue weighted by molar-refractivity contribution is 6.31. The molecule has 0 atom stereocenters. The van der Waals surface area contributed by atoms with Crippen molar-refractivity contribution in [2.45, 2.75) is 33.0 Å². The van der Waals surface area contributed by atoms with E-state index in [0.29, 0.717) is 19.2 Å². The van der Waals surface area contributed by atoms with Crippen molar-refractivity contribution in [2.24, 2.45) is 0 Å². The average molecular weight is 324 g/mol. The minimum Gasteiger partial charge on any atom is -0.489 e. The summed E-state index contributed by atoms with van der Waals surface area (Å²) >= 11 is 12.2. The zero-order valence-corrected chi connectivity index (χ0v) is 13.7. The van der Waals surface area contributed by atoms with Crippen LogP contribution in [0.5, 0.6) is 5.75 Å². The van der Waals surface area contributed by atoms with E-state index in [0.717, 1.165) is 26.9 Å². The summed E-state index contributed by atoms with van der Waals surface area (Å²) in [5, 5.41) is 4.81. The van der Waals surface area contributed by atoms with Crippen molar-refractivity contribution in [3.05, 3.63) is 63.6 Å². The van der Waals surface area contributed by atoms with Gasteiger partial charge in [-0.2, -0.15) is 0 Å². The van der Waals surface area contributed by atoms with E-state index in [4.69, 9.17) is 27.9 Å². The van der Waals surface area contributed by atoms with Crippen LogP contribution >= 0.6 is 23.2 Å². The Morgan fingerprint density at radius 3 is 2.43 bits per heavy atom. The maximum Gasteiger partial charge on any atom is 0.125 e. The molecule has 0 spiro atoms. The average Bonchev–Trinajstić information content (AvgIpc) is 2.45. The maximum absolute atomic E-state index is 6.28. The molecule has 0 bridgehead atoms. The lowest BCUT2D eigenvalue weighted by Crippen LogP contribution is -2.22. The summed E-state index contributed by atoms with van der Waals surface area (Å²) < 4.78 is 5.91. The van der Waals surface area contributed by atoms with Crippen LogP contribution in [0.15, 0.2) is 42.5 Å². The molecule has 0 amide bonds. The number of benzene rings is 2. The Morgan fingerprint density at radius 1 is 1.05 bits per heavy atom. The van der Waals surface area contributed by atoms with E-state index in [-0.39, 0.29) is 0 Å². The monoisotopic (exact) mass is 323 g/mol. The van der Waals surface area contributed by atoms with Crippen LogP contribution in [0, 0.1) is 0 Å². The number of ether oxygens (including phenoxy) is 1. The molecule has 0 aliphatic carbocycles. The minimum atomic E-state index is 0.394. The van der Waals surface area contributed by atoms with E-state index >= 15 is 0 Å². The molecule has 0 heterocycles. The molecule has 0 unspecified atom stereocenters. The fourth-order valence-electron chi connectivity index (χ4n) is 1.89. The molecule has 21 heavy (non-hydrogen) atoms. The van der Waals surface area contributed by atoms with Gasteiger partial charge in [-0.05, 0) is 29.8 Å². The van der Waals surface area contributed by atoms with Crippen molar-refractivity contribution in [2.75, 3.05) is 0 Å². The van der Waals surface area contributed by atoms with Crippen molar-refractivity contribution < 1.29 is 4.74 Å². The molecular weight excluding hydrogens is 305 g/mol. The number of hydrogen-bond acceptors (Lipinski definition) is 2. The lowest BCUT2D eigenvalue weighted by molar-refractivity contribution is 0.302. The first kappa shape index (κ1) is 16.2. The summed E-state index contributed by atoms with van der Waals surface area (Å²) in [6, 6.07) is 13.8. The van der Waals surface area contributed by atoms with E-state index in [2.05, 4.69) is 19.2 Å². The van der Waals surface area contributed by atoms with Crippen LogP contribution in [0.25, 0.3) is 0 Å². The highest BCUT2D eigenvalue weighted by Crippen LogP contribution is 2.27. The molecular formula is C17H19Cl2NO. The van der Waals surface area contributed by atoms with E-state index in [9.17, 15) is 0 Å². The second-order valence-corrected chi connectivity index (χ2v) is 6.01. The lowest BCUT2D eigenvalue weighted by Gasteiger charge is -2.15. The van der Waals surface area contributed by atoms with Gasteiger partial charge in [0, 0.05) is 28.2 Å². The summed E-state index contributed by atoms with van der Waals surface area (Å²) in [7, 11) is 0. The van der Waals surface area contributed by atoms with Crippen LogP contribution in [0.2, 0.25) is 10.0 Å².